The molecule has 7 nitrogen and oxygen atoms in total. The molecule has 28 heavy (non-hydrogen) atoms. The number of carbonyl (C=O) groups excluding carboxylic acids is 2. The van der Waals surface area contributed by atoms with Crippen molar-refractivity contribution in [1.82, 2.24) is 9.62 Å². The van der Waals surface area contributed by atoms with E-state index in [4.69, 9.17) is 17.3 Å². The highest BCUT2D eigenvalue weighted by Gasteiger charge is 2.27. The van der Waals surface area contributed by atoms with Gasteiger partial charge >= 0.3 is 0 Å². The molecule has 0 radical (unpaired) electrons. The molecule has 0 bridgehead atoms. The zero-order chi connectivity index (χ0) is 20.9. The summed E-state index contributed by atoms with van der Waals surface area (Å²) in [5.41, 5.74) is 5.59. The lowest BCUT2D eigenvalue weighted by Crippen LogP contribution is -2.40. The van der Waals surface area contributed by atoms with E-state index in [1.54, 1.807) is 0 Å². The molecule has 0 saturated heterocycles. The maximum atomic E-state index is 13.4. The van der Waals surface area contributed by atoms with Crippen molar-refractivity contribution in [2.24, 2.45) is 5.73 Å². The van der Waals surface area contributed by atoms with Crippen LogP contribution in [0.1, 0.15) is 18.0 Å². The summed E-state index contributed by atoms with van der Waals surface area (Å²) >= 11 is 5.79. The minimum atomic E-state index is -3.84. The fourth-order valence-electron chi connectivity index (χ4n) is 2.59. The molecule has 0 aliphatic heterocycles. The van der Waals surface area contributed by atoms with E-state index in [9.17, 15) is 22.4 Å². The van der Waals surface area contributed by atoms with Gasteiger partial charge in [-0.1, -0.05) is 29.8 Å². The Kier molecular flexibility index (Phi) is 7.11. The third-order valence-corrected chi connectivity index (χ3v) is 5.65. The number of hydrogen-bond acceptors (Lipinski definition) is 4. The summed E-state index contributed by atoms with van der Waals surface area (Å²) in [6.07, 6.45) is -0.227. The second-order valence-electron chi connectivity index (χ2n) is 5.97. The molecule has 0 fully saturated rings. The molecular weight excluding hydrogens is 409 g/mol. The Hall–Kier alpha value is -2.49. The van der Waals surface area contributed by atoms with Gasteiger partial charge in [0.2, 0.25) is 21.8 Å². The second kappa shape index (κ2) is 9.13. The monoisotopic (exact) mass is 427 g/mol. The first-order valence-corrected chi connectivity index (χ1v) is 10.0. The van der Waals surface area contributed by atoms with Crippen molar-refractivity contribution in [1.29, 1.82) is 0 Å². The van der Waals surface area contributed by atoms with Gasteiger partial charge in [-0.25, -0.2) is 17.5 Å². The Balaban J connectivity index is 2.04. The van der Waals surface area contributed by atoms with Gasteiger partial charge in [0.25, 0.3) is 0 Å². The maximum absolute atomic E-state index is 13.4. The van der Waals surface area contributed by atoms with Gasteiger partial charge in [0, 0.05) is 25.0 Å². The van der Waals surface area contributed by atoms with Crippen LogP contribution in [0.25, 0.3) is 0 Å². The zero-order valence-electron chi connectivity index (χ0n) is 14.9. The van der Waals surface area contributed by atoms with E-state index < -0.39 is 33.7 Å². The number of primary amides is 1. The average Bonchev–Trinajstić information content (AvgIpc) is 2.61. The largest absolute Gasteiger partial charge is 0.368 e. The summed E-state index contributed by atoms with van der Waals surface area (Å²) in [5.74, 6) is -1.94. The average molecular weight is 428 g/mol. The van der Waals surface area contributed by atoms with E-state index in [0.717, 1.165) is 11.0 Å². The molecule has 3 N–H and O–H groups in total. The van der Waals surface area contributed by atoms with Crippen molar-refractivity contribution in [3.8, 4) is 0 Å². The molecule has 10 heteroatoms. The summed E-state index contributed by atoms with van der Waals surface area (Å²) < 4.78 is 40.2. The van der Waals surface area contributed by atoms with Crippen LogP contribution in [0.15, 0.2) is 53.4 Å². The number of amides is 2. The lowest BCUT2D eigenvalue weighted by atomic mass is 10.0. The van der Waals surface area contributed by atoms with Crippen molar-refractivity contribution >= 4 is 33.4 Å². The molecule has 2 aromatic rings. The number of rotatable bonds is 8. The highest BCUT2D eigenvalue weighted by atomic mass is 35.5. The Morgan fingerprint density at radius 1 is 1.21 bits per heavy atom. The first-order valence-electron chi connectivity index (χ1n) is 8.17. The van der Waals surface area contributed by atoms with Crippen LogP contribution in [-0.4, -0.2) is 38.7 Å². The summed E-state index contributed by atoms with van der Waals surface area (Å²) in [4.78, 5) is 25.2. The highest BCUT2D eigenvalue weighted by Crippen LogP contribution is 2.21. The van der Waals surface area contributed by atoms with Crippen LogP contribution in [0, 0.1) is 5.82 Å². The first kappa shape index (κ1) is 21.8. The lowest BCUT2D eigenvalue weighted by molar-refractivity contribution is -0.137. The minimum Gasteiger partial charge on any atom is -0.368 e. The van der Waals surface area contributed by atoms with Gasteiger partial charge in [0.1, 0.15) is 11.9 Å². The number of nitrogens with zero attached hydrogens (tertiary/aromatic N) is 1. The molecule has 0 aliphatic rings. The predicted molar refractivity (Wildman–Crippen MR) is 102 cm³/mol. The molecule has 0 aromatic heterocycles. The Bertz CT molecular complexity index is 984. The molecule has 0 heterocycles. The number of sulfonamides is 1. The van der Waals surface area contributed by atoms with E-state index >= 15 is 0 Å². The molecule has 150 valence electrons. The predicted octanol–water partition coefficient (Wildman–Crippen LogP) is 1.83. The Morgan fingerprint density at radius 3 is 2.50 bits per heavy atom. The summed E-state index contributed by atoms with van der Waals surface area (Å²) in [6, 6.07) is 9.70. The van der Waals surface area contributed by atoms with Crippen LogP contribution in [0.5, 0.6) is 0 Å². The highest BCUT2D eigenvalue weighted by molar-refractivity contribution is 7.89. The van der Waals surface area contributed by atoms with Crippen molar-refractivity contribution in [2.45, 2.75) is 17.4 Å². The SMILES string of the molecule is CN(C(=O)CCNS(=O)(=O)c1cccc(Cl)c1)C(C(N)=O)c1cccc(F)c1. The van der Waals surface area contributed by atoms with E-state index in [2.05, 4.69) is 4.72 Å². The summed E-state index contributed by atoms with van der Waals surface area (Å²) in [7, 11) is -2.50. The number of benzene rings is 2. The first-order chi connectivity index (χ1) is 13.1. The van der Waals surface area contributed by atoms with Crippen LogP contribution in [0.4, 0.5) is 4.39 Å². The molecule has 0 spiro atoms. The standard InChI is InChI=1S/C18H19ClFN3O4S/c1-23(17(18(21)25)12-4-2-6-14(20)10-12)16(24)8-9-22-28(26,27)15-7-3-5-13(19)11-15/h2-7,10-11,17,22H,8-9H2,1H3,(H2,21,25). The molecule has 0 saturated carbocycles. The van der Waals surface area contributed by atoms with Crippen LogP contribution < -0.4 is 10.5 Å². The molecule has 2 rings (SSSR count). The van der Waals surface area contributed by atoms with E-state index in [0.29, 0.717) is 0 Å². The van der Waals surface area contributed by atoms with Gasteiger partial charge < -0.3 is 10.6 Å². The summed E-state index contributed by atoms with van der Waals surface area (Å²) in [5, 5.41) is 0.262. The quantitative estimate of drug-likeness (QED) is 0.669. The molecular formula is C18H19ClFN3O4S. The number of hydrogen-bond donors (Lipinski definition) is 2. The number of nitrogens with one attached hydrogen (secondary N) is 1. The van der Waals surface area contributed by atoms with E-state index in [1.807, 2.05) is 0 Å². The molecule has 0 aliphatic carbocycles. The van der Waals surface area contributed by atoms with Crippen molar-refractivity contribution in [2.75, 3.05) is 13.6 Å². The second-order valence-corrected chi connectivity index (χ2v) is 8.17. The zero-order valence-corrected chi connectivity index (χ0v) is 16.5. The smallest absolute Gasteiger partial charge is 0.244 e. The van der Waals surface area contributed by atoms with Gasteiger partial charge in [-0.3, -0.25) is 9.59 Å². The van der Waals surface area contributed by atoms with Gasteiger partial charge in [-0.15, -0.1) is 0 Å². The van der Waals surface area contributed by atoms with Crippen LogP contribution in [0.3, 0.4) is 0 Å². The summed E-state index contributed by atoms with van der Waals surface area (Å²) in [6.45, 7) is -0.202. The van der Waals surface area contributed by atoms with Crippen LogP contribution in [-0.2, 0) is 19.6 Å². The number of carbonyl (C=O) groups is 2. The Morgan fingerprint density at radius 2 is 1.89 bits per heavy atom. The topological polar surface area (TPSA) is 110 Å². The number of nitrogens with two attached hydrogens (primary N) is 1. The van der Waals surface area contributed by atoms with Gasteiger partial charge in [-0.05, 0) is 35.9 Å². The molecule has 1 unspecified atom stereocenters. The van der Waals surface area contributed by atoms with E-state index in [1.165, 1.54) is 49.5 Å². The molecule has 2 amide bonds. The maximum Gasteiger partial charge on any atom is 0.244 e. The Labute approximate surface area is 167 Å². The fourth-order valence-corrected chi connectivity index (χ4v) is 3.92. The van der Waals surface area contributed by atoms with Gasteiger partial charge in [-0.2, -0.15) is 0 Å². The van der Waals surface area contributed by atoms with Crippen molar-refractivity contribution in [3.63, 3.8) is 0 Å². The van der Waals surface area contributed by atoms with Crippen molar-refractivity contribution < 1.29 is 22.4 Å². The fraction of sp³-hybridized carbons (Fsp3) is 0.222. The number of likely N-dealkylation sites (N-methyl/N-ethyl adjacent to an activating group) is 1. The third-order valence-electron chi connectivity index (χ3n) is 3.95. The minimum absolute atomic E-state index is 0.0319. The molecule has 2 aromatic carbocycles. The normalized spacial score (nSPS) is 12.4. The van der Waals surface area contributed by atoms with Crippen molar-refractivity contribution in [3.05, 3.63) is 64.9 Å². The third kappa shape index (κ3) is 5.51. The molecule has 1 atom stereocenters. The van der Waals surface area contributed by atoms with Gasteiger partial charge in [0.15, 0.2) is 0 Å². The lowest BCUT2D eigenvalue weighted by Gasteiger charge is -2.26. The number of halogens is 2. The van der Waals surface area contributed by atoms with Crippen LogP contribution >= 0.6 is 11.6 Å². The van der Waals surface area contributed by atoms with Gasteiger partial charge in [0.05, 0.1) is 4.90 Å². The van der Waals surface area contributed by atoms with Crippen LogP contribution in [0.2, 0.25) is 5.02 Å². The van der Waals surface area contributed by atoms with E-state index in [-0.39, 0.29) is 28.4 Å².